The summed E-state index contributed by atoms with van der Waals surface area (Å²) in [6.45, 7) is 0. The molecule has 0 unspecified atom stereocenters. The molecule has 0 saturated heterocycles. The van der Waals surface area contributed by atoms with Crippen molar-refractivity contribution in [1.29, 1.82) is 0 Å². The third-order valence-corrected chi connectivity index (χ3v) is 3.01. The Kier molecular flexibility index (Phi) is 2.61. The van der Waals surface area contributed by atoms with Crippen LogP contribution < -0.4 is 5.73 Å². The molecular formula is C14H10ClN3. The average molecular weight is 256 g/mol. The van der Waals surface area contributed by atoms with Gasteiger partial charge in [0.2, 0.25) is 0 Å². The van der Waals surface area contributed by atoms with Crippen molar-refractivity contribution in [3.05, 3.63) is 53.8 Å². The predicted molar refractivity (Wildman–Crippen MR) is 74.4 cm³/mol. The number of hydrogen-bond acceptors (Lipinski definition) is 3. The van der Waals surface area contributed by atoms with Crippen molar-refractivity contribution in [2.24, 2.45) is 0 Å². The van der Waals surface area contributed by atoms with Gasteiger partial charge in [-0.2, -0.15) is 0 Å². The molecule has 2 heterocycles. The molecule has 0 aliphatic carbocycles. The number of anilines is 1. The number of rotatable bonds is 1. The molecule has 3 rings (SSSR count). The zero-order chi connectivity index (χ0) is 12.5. The molecule has 2 aromatic heterocycles. The van der Waals surface area contributed by atoms with Gasteiger partial charge in [-0.05, 0) is 23.8 Å². The summed E-state index contributed by atoms with van der Waals surface area (Å²) >= 11 is 5.95. The number of hydrogen-bond donors (Lipinski definition) is 1. The normalized spacial score (nSPS) is 10.7. The number of pyridine rings is 2. The maximum absolute atomic E-state index is 5.95. The van der Waals surface area contributed by atoms with E-state index in [1.165, 1.54) is 0 Å². The number of halogens is 1. The molecule has 0 radical (unpaired) electrons. The number of aromatic nitrogens is 2. The van der Waals surface area contributed by atoms with Crippen LogP contribution in [0.4, 0.5) is 5.82 Å². The van der Waals surface area contributed by atoms with Gasteiger partial charge < -0.3 is 5.73 Å². The maximum Gasteiger partial charge on any atom is 0.131 e. The first kappa shape index (κ1) is 11.0. The highest BCUT2D eigenvalue weighted by Gasteiger charge is 2.06. The first-order chi connectivity index (χ1) is 8.74. The predicted octanol–water partition coefficient (Wildman–Crippen LogP) is 3.53. The van der Waals surface area contributed by atoms with Crippen molar-refractivity contribution in [1.82, 2.24) is 9.97 Å². The monoisotopic (exact) mass is 255 g/mol. The average Bonchev–Trinajstić information content (AvgIpc) is 2.41. The number of nitrogens with zero attached hydrogens (tertiary/aromatic N) is 2. The Labute approximate surface area is 109 Å². The van der Waals surface area contributed by atoms with Crippen LogP contribution in [0.5, 0.6) is 0 Å². The molecule has 0 amide bonds. The van der Waals surface area contributed by atoms with Gasteiger partial charge in [-0.15, -0.1) is 0 Å². The molecule has 0 saturated carbocycles. The van der Waals surface area contributed by atoms with Gasteiger partial charge in [0, 0.05) is 23.3 Å². The van der Waals surface area contributed by atoms with Gasteiger partial charge in [-0.3, -0.25) is 4.98 Å². The second-order valence-corrected chi connectivity index (χ2v) is 4.43. The molecule has 1 aromatic carbocycles. The van der Waals surface area contributed by atoms with E-state index < -0.39 is 0 Å². The zero-order valence-corrected chi connectivity index (χ0v) is 10.2. The summed E-state index contributed by atoms with van der Waals surface area (Å²) in [5.41, 5.74) is 8.60. The third-order valence-electron chi connectivity index (χ3n) is 2.80. The van der Waals surface area contributed by atoms with E-state index in [-0.39, 0.29) is 0 Å². The lowest BCUT2D eigenvalue weighted by Gasteiger charge is -2.06. The summed E-state index contributed by atoms with van der Waals surface area (Å²) < 4.78 is 0. The fraction of sp³-hybridized carbons (Fsp3) is 0. The molecule has 3 nitrogen and oxygen atoms in total. The van der Waals surface area contributed by atoms with Crippen LogP contribution in [0, 0.1) is 0 Å². The fourth-order valence-corrected chi connectivity index (χ4v) is 2.07. The largest absolute Gasteiger partial charge is 0.383 e. The van der Waals surface area contributed by atoms with E-state index in [0.717, 1.165) is 22.0 Å². The van der Waals surface area contributed by atoms with E-state index in [9.17, 15) is 0 Å². The Morgan fingerprint density at radius 2 is 1.94 bits per heavy atom. The van der Waals surface area contributed by atoms with Crippen molar-refractivity contribution in [2.45, 2.75) is 0 Å². The van der Waals surface area contributed by atoms with Crippen LogP contribution in [0.25, 0.3) is 22.0 Å². The Balaban J connectivity index is 2.22. The molecule has 88 valence electrons. The van der Waals surface area contributed by atoms with Gasteiger partial charge in [-0.25, -0.2) is 4.98 Å². The smallest absolute Gasteiger partial charge is 0.131 e. The van der Waals surface area contributed by atoms with E-state index in [1.807, 2.05) is 36.4 Å². The van der Waals surface area contributed by atoms with Crippen molar-refractivity contribution in [3.63, 3.8) is 0 Å². The summed E-state index contributed by atoms with van der Waals surface area (Å²) in [5.74, 6) is 0.467. The second-order valence-electron chi connectivity index (χ2n) is 4.00. The highest BCUT2D eigenvalue weighted by molar-refractivity contribution is 6.30. The van der Waals surface area contributed by atoms with E-state index in [2.05, 4.69) is 9.97 Å². The summed E-state index contributed by atoms with van der Waals surface area (Å²) in [5, 5.41) is 1.66. The van der Waals surface area contributed by atoms with Gasteiger partial charge >= 0.3 is 0 Å². The molecule has 0 atom stereocenters. The summed E-state index contributed by atoms with van der Waals surface area (Å²) in [6, 6.07) is 11.7. The first-order valence-corrected chi connectivity index (χ1v) is 5.88. The highest BCUT2D eigenvalue weighted by Crippen LogP contribution is 2.28. The molecule has 18 heavy (non-hydrogen) atoms. The summed E-state index contributed by atoms with van der Waals surface area (Å²) in [4.78, 5) is 8.39. The Morgan fingerprint density at radius 1 is 1.06 bits per heavy atom. The Bertz CT molecular complexity index is 725. The first-order valence-electron chi connectivity index (χ1n) is 5.50. The van der Waals surface area contributed by atoms with Crippen molar-refractivity contribution < 1.29 is 0 Å². The SMILES string of the molecule is Nc1ncc(Cl)cc1-c1ccc2cccnc2c1. The van der Waals surface area contributed by atoms with E-state index in [0.29, 0.717) is 10.8 Å². The van der Waals surface area contributed by atoms with Gasteiger partial charge in [0.05, 0.1) is 10.5 Å². The van der Waals surface area contributed by atoms with Gasteiger partial charge in [0.15, 0.2) is 0 Å². The Hall–Kier alpha value is -2.13. The van der Waals surface area contributed by atoms with Gasteiger partial charge in [0.1, 0.15) is 5.82 Å². The standard InChI is InChI=1S/C14H10ClN3/c15-11-7-12(14(16)18-8-11)10-4-3-9-2-1-5-17-13(9)6-10/h1-8H,(H2,16,18). The molecule has 0 bridgehead atoms. The van der Waals surface area contributed by atoms with Crippen LogP contribution in [-0.2, 0) is 0 Å². The lowest BCUT2D eigenvalue weighted by Crippen LogP contribution is -1.93. The van der Waals surface area contributed by atoms with Crippen molar-refractivity contribution in [3.8, 4) is 11.1 Å². The second kappa shape index (κ2) is 4.27. The molecule has 4 heteroatoms. The van der Waals surface area contributed by atoms with E-state index >= 15 is 0 Å². The van der Waals surface area contributed by atoms with Crippen molar-refractivity contribution >= 4 is 28.3 Å². The molecule has 0 aliphatic heterocycles. The van der Waals surface area contributed by atoms with Crippen LogP contribution in [0.2, 0.25) is 5.02 Å². The van der Waals surface area contributed by atoms with Crippen molar-refractivity contribution in [2.75, 3.05) is 5.73 Å². The minimum atomic E-state index is 0.467. The molecule has 2 N–H and O–H groups in total. The summed E-state index contributed by atoms with van der Waals surface area (Å²) in [7, 11) is 0. The van der Waals surface area contributed by atoms with Crippen LogP contribution in [-0.4, -0.2) is 9.97 Å². The molecule has 0 fully saturated rings. The van der Waals surface area contributed by atoms with Crippen LogP contribution in [0.1, 0.15) is 0 Å². The number of fused-ring (bicyclic) bond motifs is 1. The minimum Gasteiger partial charge on any atom is -0.383 e. The topological polar surface area (TPSA) is 51.8 Å². The maximum atomic E-state index is 5.95. The number of nitrogen functional groups attached to an aromatic ring is 1. The van der Waals surface area contributed by atoms with E-state index in [4.69, 9.17) is 17.3 Å². The number of nitrogens with two attached hydrogens (primary N) is 1. The zero-order valence-electron chi connectivity index (χ0n) is 9.47. The Morgan fingerprint density at radius 3 is 2.83 bits per heavy atom. The van der Waals surface area contributed by atoms with Gasteiger partial charge in [-0.1, -0.05) is 29.8 Å². The molecule has 0 aliphatic rings. The summed E-state index contributed by atoms with van der Waals surface area (Å²) in [6.07, 6.45) is 3.31. The molecule has 3 aromatic rings. The van der Waals surface area contributed by atoms with Crippen LogP contribution in [0.3, 0.4) is 0 Å². The molecule has 0 spiro atoms. The third kappa shape index (κ3) is 1.89. The van der Waals surface area contributed by atoms with Gasteiger partial charge in [0.25, 0.3) is 0 Å². The fourth-order valence-electron chi connectivity index (χ4n) is 1.92. The van der Waals surface area contributed by atoms with Crippen LogP contribution >= 0.6 is 11.6 Å². The quantitative estimate of drug-likeness (QED) is 0.724. The van der Waals surface area contributed by atoms with Crippen LogP contribution in [0.15, 0.2) is 48.8 Å². The lowest BCUT2D eigenvalue weighted by molar-refractivity contribution is 1.33. The molecular weight excluding hydrogens is 246 g/mol. The highest BCUT2D eigenvalue weighted by atomic mass is 35.5. The van der Waals surface area contributed by atoms with E-state index in [1.54, 1.807) is 12.4 Å². The minimum absolute atomic E-state index is 0.467. The lowest BCUT2D eigenvalue weighted by atomic mass is 10.0. The number of benzene rings is 1.